The van der Waals surface area contributed by atoms with E-state index in [2.05, 4.69) is 19.9 Å². The molecule has 0 unspecified atom stereocenters. The van der Waals surface area contributed by atoms with Crippen molar-refractivity contribution in [2.45, 2.75) is 45.4 Å². The second kappa shape index (κ2) is 7.21. The van der Waals surface area contributed by atoms with E-state index in [0.29, 0.717) is 6.42 Å². The van der Waals surface area contributed by atoms with Crippen molar-refractivity contribution in [3.63, 3.8) is 0 Å². The van der Waals surface area contributed by atoms with Crippen LogP contribution >= 0.6 is 0 Å². The van der Waals surface area contributed by atoms with Crippen LogP contribution in [0.5, 0.6) is 0 Å². The average molecular weight is 217 g/mol. The third-order valence-electron chi connectivity index (χ3n) is 2.69. The Morgan fingerprint density at radius 1 is 1.31 bits per heavy atom. The van der Waals surface area contributed by atoms with Crippen LogP contribution in [0.25, 0.3) is 0 Å². The number of carbonyl (C=O) groups is 1. The van der Waals surface area contributed by atoms with Crippen LogP contribution in [-0.4, -0.2) is 5.78 Å². The highest BCUT2D eigenvalue weighted by Gasteiger charge is 2.05. The second-order valence-corrected chi connectivity index (χ2v) is 4.18. The first kappa shape index (κ1) is 13.0. The number of aryl methyl sites for hydroxylation is 1. The van der Waals surface area contributed by atoms with Crippen molar-refractivity contribution in [3.8, 4) is 0 Å². The molecule has 1 aromatic carbocycles. The van der Waals surface area contributed by atoms with E-state index in [1.165, 1.54) is 5.56 Å². The Balaban J connectivity index is 2.57. The maximum Gasteiger partial charge on any atom is 0.162 e. The summed E-state index contributed by atoms with van der Waals surface area (Å²) in [5.74, 6) is 0.270. The molecule has 1 aromatic rings. The molecular formula is C15H21O. The summed E-state index contributed by atoms with van der Waals surface area (Å²) in [6.45, 7) is 5.94. The molecule has 0 bridgehead atoms. The van der Waals surface area contributed by atoms with Gasteiger partial charge in [-0.25, -0.2) is 0 Å². The van der Waals surface area contributed by atoms with Gasteiger partial charge in [-0.2, -0.15) is 0 Å². The van der Waals surface area contributed by atoms with E-state index in [4.69, 9.17) is 0 Å². The molecule has 16 heavy (non-hydrogen) atoms. The third-order valence-corrected chi connectivity index (χ3v) is 2.69. The van der Waals surface area contributed by atoms with Crippen LogP contribution in [0, 0.1) is 6.92 Å². The summed E-state index contributed by atoms with van der Waals surface area (Å²) in [6.07, 6.45) is 5.76. The Hall–Kier alpha value is -1.11. The van der Waals surface area contributed by atoms with Crippen LogP contribution in [0.3, 0.4) is 0 Å². The van der Waals surface area contributed by atoms with E-state index in [-0.39, 0.29) is 5.78 Å². The summed E-state index contributed by atoms with van der Waals surface area (Å²) in [5, 5.41) is 0. The van der Waals surface area contributed by atoms with Crippen molar-refractivity contribution >= 4 is 5.78 Å². The molecule has 0 atom stereocenters. The third kappa shape index (κ3) is 4.18. The Kier molecular flexibility index (Phi) is 5.84. The van der Waals surface area contributed by atoms with E-state index >= 15 is 0 Å². The maximum atomic E-state index is 11.9. The fourth-order valence-electron chi connectivity index (χ4n) is 1.80. The molecule has 0 aliphatic heterocycles. The lowest BCUT2D eigenvalue weighted by atomic mass is 10.0. The number of benzene rings is 1. The Morgan fingerprint density at radius 3 is 2.81 bits per heavy atom. The van der Waals surface area contributed by atoms with E-state index in [1.807, 2.05) is 18.2 Å². The number of rotatable bonds is 7. The highest BCUT2D eigenvalue weighted by molar-refractivity contribution is 5.96. The van der Waals surface area contributed by atoms with Gasteiger partial charge in [0.25, 0.3) is 0 Å². The van der Waals surface area contributed by atoms with Crippen LogP contribution in [0.2, 0.25) is 0 Å². The first-order chi connectivity index (χ1) is 7.77. The summed E-state index contributed by atoms with van der Waals surface area (Å²) in [4.78, 5) is 11.9. The first-order valence-corrected chi connectivity index (χ1v) is 6.19. The van der Waals surface area contributed by atoms with Crippen molar-refractivity contribution in [2.24, 2.45) is 0 Å². The quantitative estimate of drug-likeness (QED) is 0.494. The molecule has 87 valence electrons. The molecule has 0 heterocycles. The van der Waals surface area contributed by atoms with E-state index < -0.39 is 0 Å². The number of carbonyl (C=O) groups excluding carboxylic acids is 1. The zero-order valence-electron chi connectivity index (χ0n) is 10.2. The molecule has 0 amide bonds. The summed E-state index contributed by atoms with van der Waals surface area (Å²) in [6, 6.07) is 8.04. The Labute approximate surface area is 98.9 Å². The molecule has 0 saturated heterocycles. The van der Waals surface area contributed by atoms with Gasteiger partial charge in [0.05, 0.1) is 0 Å². The van der Waals surface area contributed by atoms with Crippen molar-refractivity contribution < 1.29 is 4.79 Å². The smallest absolute Gasteiger partial charge is 0.162 e. The molecule has 0 spiro atoms. The highest BCUT2D eigenvalue weighted by Crippen LogP contribution is 2.11. The molecule has 1 nitrogen and oxygen atoms in total. The van der Waals surface area contributed by atoms with E-state index in [1.54, 1.807) is 0 Å². The zero-order chi connectivity index (χ0) is 11.8. The molecule has 1 rings (SSSR count). The number of hydrogen-bond donors (Lipinski definition) is 0. The molecule has 0 aliphatic carbocycles. The number of unbranched alkanes of at least 4 members (excludes halogenated alkanes) is 2. The van der Waals surface area contributed by atoms with Gasteiger partial charge in [-0.15, -0.1) is 0 Å². The SMILES string of the molecule is [CH2]CCCCC(=O)c1cccc(CCC)c1. The Bertz CT molecular complexity index is 328. The predicted molar refractivity (Wildman–Crippen MR) is 68.6 cm³/mol. The minimum atomic E-state index is 0.270. The lowest BCUT2D eigenvalue weighted by Gasteiger charge is -2.03. The van der Waals surface area contributed by atoms with Crippen LogP contribution < -0.4 is 0 Å². The van der Waals surface area contributed by atoms with Gasteiger partial charge in [-0.05, 0) is 24.5 Å². The van der Waals surface area contributed by atoms with E-state index in [9.17, 15) is 4.79 Å². The normalized spacial score (nSPS) is 10.4. The van der Waals surface area contributed by atoms with Gasteiger partial charge in [0.2, 0.25) is 0 Å². The van der Waals surface area contributed by atoms with Gasteiger partial charge in [0, 0.05) is 12.0 Å². The van der Waals surface area contributed by atoms with Gasteiger partial charge in [-0.1, -0.05) is 51.3 Å². The molecule has 0 saturated carbocycles. The zero-order valence-corrected chi connectivity index (χ0v) is 10.2. The predicted octanol–water partition coefficient (Wildman–Crippen LogP) is 4.22. The maximum absolute atomic E-state index is 11.9. The van der Waals surface area contributed by atoms with Crippen molar-refractivity contribution in [1.29, 1.82) is 0 Å². The fraction of sp³-hybridized carbons (Fsp3) is 0.467. The van der Waals surface area contributed by atoms with Gasteiger partial charge in [0.1, 0.15) is 0 Å². The van der Waals surface area contributed by atoms with Crippen molar-refractivity contribution in [3.05, 3.63) is 42.3 Å². The second-order valence-electron chi connectivity index (χ2n) is 4.18. The first-order valence-electron chi connectivity index (χ1n) is 6.19. The fourth-order valence-corrected chi connectivity index (χ4v) is 1.80. The lowest BCUT2D eigenvalue weighted by Crippen LogP contribution is -1.99. The molecule has 0 fully saturated rings. The minimum absolute atomic E-state index is 0.270. The molecule has 0 aliphatic rings. The van der Waals surface area contributed by atoms with Crippen LogP contribution in [0.4, 0.5) is 0 Å². The number of hydrogen-bond acceptors (Lipinski definition) is 1. The lowest BCUT2D eigenvalue weighted by molar-refractivity contribution is 0.0979. The van der Waals surface area contributed by atoms with Gasteiger partial charge in [-0.3, -0.25) is 4.79 Å². The summed E-state index contributed by atoms with van der Waals surface area (Å²) in [7, 11) is 0. The number of ketones is 1. The summed E-state index contributed by atoms with van der Waals surface area (Å²) < 4.78 is 0. The number of Topliss-reactive ketones (excluding diaryl/α,β-unsaturated/α-hetero) is 1. The molecule has 1 heteroatoms. The van der Waals surface area contributed by atoms with Crippen molar-refractivity contribution in [1.82, 2.24) is 0 Å². The standard InChI is InChI=1S/C15H21O/c1-3-5-6-11-15(16)14-10-7-9-13(12-14)8-4-2/h7,9-10,12H,1,3-6,8,11H2,2H3. The molecule has 0 aromatic heterocycles. The Morgan fingerprint density at radius 2 is 2.12 bits per heavy atom. The van der Waals surface area contributed by atoms with Crippen LogP contribution in [0.15, 0.2) is 24.3 Å². The van der Waals surface area contributed by atoms with Crippen LogP contribution in [-0.2, 0) is 6.42 Å². The van der Waals surface area contributed by atoms with Gasteiger partial charge < -0.3 is 0 Å². The molecule has 1 radical (unpaired) electrons. The van der Waals surface area contributed by atoms with Crippen molar-refractivity contribution in [2.75, 3.05) is 0 Å². The monoisotopic (exact) mass is 217 g/mol. The summed E-state index contributed by atoms with van der Waals surface area (Å²) in [5.41, 5.74) is 2.14. The topological polar surface area (TPSA) is 17.1 Å². The molecule has 0 N–H and O–H groups in total. The van der Waals surface area contributed by atoms with Crippen LogP contribution in [0.1, 0.15) is 54.9 Å². The highest BCUT2D eigenvalue weighted by atomic mass is 16.1. The largest absolute Gasteiger partial charge is 0.294 e. The molecular weight excluding hydrogens is 196 g/mol. The van der Waals surface area contributed by atoms with Gasteiger partial charge >= 0.3 is 0 Å². The average Bonchev–Trinajstić information content (AvgIpc) is 2.30. The minimum Gasteiger partial charge on any atom is -0.294 e. The van der Waals surface area contributed by atoms with E-state index in [0.717, 1.165) is 37.7 Å². The van der Waals surface area contributed by atoms with Gasteiger partial charge in [0.15, 0.2) is 5.78 Å². The summed E-state index contributed by atoms with van der Waals surface area (Å²) >= 11 is 0.